The van der Waals surface area contributed by atoms with Crippen molar-refractivity contribution >= 4 is 17.6 Å². The molecule has 1 aliphatic rings. The van der Waals surface area contributed by atoms with E-state index in [1.54, 1.807) is 13.0 Å². The van der Waals surface area contributed by atoms with Crippen LogP contribution in [-0.4, -0.2) is 19.1 Å². The van der Waals surface area contributed by atoms with Gasteiger partial charge in [-0.15, -0.1) is 0 Å². The second-order valence-corrected chi connectivity index (χ2v) is 5.12. The van der Waals surface area contributed by atoms with Gasteiger partial charge >= 0.3 is 5.97 Å². The molecule has 19 heavy (non-hydrogen) atoms. The van der Waals surface area contributed by atoms with Crippen molar-refractivity contribution in [3.8, 4) is 0 Å². The summed E-state index contributed by atoms with van der Waals surface area (Å²) in [6.07, 6.45) is 2.36. The largest absolute Gasteiger partial charge is 0.465 e. The maximum absolute atomic E-state index is 13.5. The molecule has 3 nitrogen and oxygen atoms in total. The number of carbonyl (C=O) groups excluding carboxylic acids is 1. The predicted octanol–water partition coefficient (Wildman–Crippen LogP) is 3.08. The van der Waals surface area contributed by atoms with E-state index in [0.29, 0.717) is 18.1 Å². The highest BCUT2D eigenvalue weighted by Gasteiger charge is 2.27. The van der Waals surface area contributed by atoms with Gasteiger partial charge in [-0.2, -0.15) is 0 Å². The van der Waals surface area contributed by atoms with Crippen LogP contribution in [0.3, 0.4) is 0 Å². The van der Waals surface area contributed by atoms with Crippen LogP contribution in [0.2, 0.25) is 5.02 Å². The standard InChI is InChI=1S/C14H17ClFNO2/c1-2-19-14(18)13(17-8-9-3-4-9)10-5-6-11(15)12(16)7-10/h5-7,9,13,17H,2-4,8H2,1H3. The second-order valence-electron chi connectivity index (χ2n) is 4.71. The molecule has 2 rings (SSSR count). The van der Waals surface area contributed by atoms with Gasteiger partial charge in [-0.3, -0.25) is 0 Å². The van der Waals surface area contributed by atoms with Gasteiger partial charge in [0.15, 0.2) is 0 Å². The molecule has 0 radical (unpaired) electrons. The number of carbonyl (C=O) groups is 1. The Kier molecular flexibility index (Phi) is 4.77. The summed E-state index contributed by atoms with van der Waals surface area (Å²) in [4.78, 5) is 11.9. The first-order valence-corrected chi connectivity index (χ1v) is 6.84. The fourth-order valence-electron chi connectivity index (χ4n) is 1.86. The Morgan fingerprint density at radius 3 is 2.89 bits per heavy atom. The van der Waals surface area contributed by atoms with Crippen molar-refractivity contribution in [3.63, 3.8) is 0 Å². The minimum atomic E-state index is -0.632. The minimum absolute atomic E-state index is 0.0496. The molecule has 1 atom stereocenters. The van der Waals surface area contributed by atoms with E-state index in [-0.39, 0.29) is 11.0 Å². The highest BCUT2D eigenvalue weighted by molar-refractivity contribution is 6.30. The van der Waals surface area contributed by atoms with Crippen LogP contribution in [0.1, 0.15) is 31.4 Å². The number of halogens is 2. The lowest BCUT2D eigenvalue weighted by Gasteiger charge is -2.17. The van der Waals surface area contributed by atoms with Crippen LogP contribution in [0.15, 0.2) is 18.2 Å². The third-order valence-electron chi connectivity index (χ3n) is 3.11. The van der Waals surface area contributed by atoms with Crippen LogP contribution in [0, 0.1) is 11.7 Å². The normalized spacial score (nSPS) is 16.2. The van der Waals surface area contributed by atoms with Gasteiger partial charge in [-0.05, 0) is 49.9 Å². The number of esters is 1. The van der Waals surface area contributed by atoms with Gasteiger partial charge in [0.1, 0.15) is 11.9 Å². The fourth-order valence-corrected chi connectivity index (χ4v) is 1.98. The Morgan fingerprint density at radius 1 is 1.58 bits per heavy atom. The molecule has 1 N–H and O–H groups in total. The summed E-state index contributed by atoms with van der Waals surface area (Å²) in [5.74, 6) is -0.291. The van der Waals surface area contributed by atoms with Crippen LogP contribution >= 0.6 is 11.6 Å². The quantitative estimate of drug-likeness (QED) is 0.816. The maximum Gasteiger partial charge on any atom is 0.327 e. The fraction of sp³-hybridized carbons (Fsp3) is 0.500. The van der Waals surface area contributed by atoms with Gasteiger partial charge in [0.2, 0.25) is 0 Å². The van der Waals surface area contributed by atoms with E-state index in [1.165, 1.54) is 25.0 Å². The molecule has 1 aliphatic carbocycles. The van der Waals surface area contributed by atoms with Crippen molar-refractivity contribution in [1.82, 2.24) is 5.32 Å². The molecule has 104 valence electrons. The third kappa shape index (κ3) is 3.91. The molecule has 0 spiro atoms. The monoisotopic (exact) mass is 285 g/mol. The highest BCUT2D eigenvalue weighted by atomic mass is 35.5. The molecule has 1 aromatic carbocycles. The summed E-state index contributed by atoms with van der Waals surface area (Å²) in [5.41, 5.74) is 0.543. The molecule has 5 heteroatoms. The van der Waals surface area contributed by atoms with Gasteiger partial charge in [-0.25, -0.2) is 9.18 Å². The molecule has 0 aromatic heterocycles. The van der Waals surface area contributed by atoms with Crippen molar-refractivity contribution in [2.24, 2.45) is 5.92 Å². The zero-order valence-corrected chi connectivity index (χ0v) is 11.5. The summed E-state index contributed by atoms with van der Waals surface area (Å²) in [6.45, 7) is 2.79. The SMILES string of the molecule is CCOC(=O)C(NCC1CC1)c1ccc(Cl)c(F)c1. The molecular weight excluding hydrogens is 269 g/mol. The first-order chi connectivity index (χ1) is 9.11. The number of hydrogen-bond acceptors (Lipinski definition) is 3. The lowest BCUT2D eigenvalue weighted by molar-refractivity contribution is -0.145. The maximum atomic E-state index is 13.5. The molecule has 0 saturated heterocycles. The van der Waals surface area contributed by atoms with E-state index >= 15 is 0 Å². The lowest BCUT2D eigenvalue weighted by atomic mass is 10.1. The lowest BCUT2D eigenvalue weighted by Crippen LogP contribution is -2.31. The summed E-state index contributed by atoms with van der Waals surface area (Å²) < 4.78 is 18.5. The Balaban J connectivity index is 2.13. The topological polar surface area (TPSA) is 38.3 Å². The van der Waals surface area contributed by atoms with Crippen LogP contribution in [0.25, 0.3) is 0 Å². The summed E-state index contributed by atoms with van der Waals surface area (Å²) >= 11 is 5.65. The van der Waals surface area contributed by atoms with Crippen LogP contribution in [-0.2, 0) is 9.53 Å². The Hall–Kier alpha value is -1.13. The third-order valence-corrected chi connectivity index (χ3v) is 3.41. The van der Waals surface area contributed by atoms with Gasteiger partial charge in [0, 0.05) is 0 Å². The number of benzene rings is 1. The molecule has 0 heterocycles. The van der Waals surface area contributed by atoms with E-state index < -0.39 is 11.9 Å². The molecule has 1 unspecified atom stereocenters. The number of ether oxygens (including phenoxy) is 1. The Bertz CT molecular complexity index is 463. The van der Waals surface area contributed by atoms with Crippen molar-refractivity contribution < 1.29 is 13.9 Å². The smallest absolute Gasteiger partial charge is 0.327 e. The molecule has 0 bridgehead atoms. The molecule has 1 fully saturated rings. The number of hydrogen-bond donors (Lipinski definition) is 1. The van der Waals surface area contributed by atoms with E-state index in [1.807, 2.05) is 0 Å². The summed E-state index contributed by atoms with van der Waals surface area (Å²) in [7, 11) is 0. The summed E-state index contributed by atoms with van der Waals surface area (Å²) in [6, 6.07) is 3.75. The minimum Gasteiger partial charge on any atom is -0.465 e. The van der Waals surface area contributed by atoms with Crippen LogP contribution < -0.4 is 5.32 Å². The van der Waals surface area contributed by atoms with Gasteiger partial charge in [0.05, 0.1) is 11.6 Å². The van der Waals surface area contributed by atoms with Gasteiger partial charge in [0.25, 0.3) is 0 Å². The van der Waals surface area contributed by atoms with Crippen molar-refractivity contribution in [3.05, 3.63) is 34.6 Å². The van der Waals surface area contributed by atoms with Gasteiger partial charge in [-0.1, -0.05) is 17.7 Å². The summed E-state index contributed by atoms with van der Waals surface area (Å²) in [5, 5.41) is 3.19. The van der Waals surface area contributed by atoms with Crippen molar-refractivity contribution in [1.29, 1.82) is 0 Å². The number of nitrogens with one attached hydrogen (secondary N) is 1. The van der Waals surface area contributed by atoms with Crippen molar-refractivity contribution in [2.75, 3.05) is 13.2 Å². The molecule has 1 aromatic rings. The first-order valence-electron chi connectivity index (χ1n) is 6.46. The van der Waals surface area contributed by atoms with Gasteiger partial charge < -0.3 is 10.1 Å². The Labute approximate surface area is 117 Å². The molecule has 0 aliphatic heterocycles. The van der Waals surface area contributed by atoms with Crippen LogP contribution in [0.5, 0.6) is 0 Å². The number of rotatable bonds is 6. The molecular formula is C14H17ClFNO2. The predicted molar refractivity (Wildman–Crippen MR) is 71.5 cm³/mol. The van der Waals surface area contributed by atoms with E-state index in [2.05, 4.69) is 5.32 Å². The Morgan fingerprint density at radius 2 is 2.32 bits per heavy atom. The van der Waals surface area contributed by atoms with E-state index in [9.17, 15) is 9.18 Å². The molecule has 1 saturated carbocycles. The zero-order valence-electron chi connectivity index (χ0n) is 10.8. The highest BCUT2D eigenvalue weighted by Crippen LogP contribution is 2.29. The molecule has 0 amide bonds. The van der Waals surface area contributed by atoms with E-state index in [0.717, 1.165) is 6.54 Å². The van der Waals surface area contributed by atoms with E-state index in [4.69, 9.17) is 16.3 Å². The first kappa shape index (κ1) is 14.3. The second kappa shape index (κ2) is 6.35. The average molecular weight is 286 g/mol. The van der Waals surface area contributed by atoms with Crippen molar-refractivity contribution in [2.45, 2.75) is 25.8 Å². The van der Waals surface area contributed by atoms with Crippen LogP contribution in [0.4, 0.5) is 4.39 Å². The zero-order chi connectivity index (χ0) is 13.8. The average Bonchev–Trinajstić information content (AvgIpc) is 3.18.